The molecule has 0 aliphatic heterocycles. The predicted octanol–water partition coefficient (Wildman–Crippen LogP) is 3.46. The first-order chi connectivity index (χ1) is 13.0. The zero-order valence-electron chi connectivity index (χ0n) is 15.8. The van der Waals surface area contributed by atoms with Crippen molar-refractivity contribution in [2.75, 3.05) is 5.32 Å². The Bertz CT molecular complexity index is 1180. The number of benzene rings is 2. The zero-order valence-corrected chi connectivity index (χ0v) is 15.8. The summed E-state index contributed by atoms with van der Waals surface area (Å²) in [5.74, 6) is 0.822. The first-order valence-electron chi connectivity index (χ1n) is 8.89. The smallest absolute Gasteiger partial charge is 0.276 e. The Morgan fingerprint density at radius 1 is 1.04 bits per heavy atom. The third-order valence-electron chi connectivity index (χ3n) is 4.88. The first kappa shape index (κ1) is 17.1. The second-order valence-electron chi connectivity index (χ2n) is 6.91. The van der Waals surface area contributed by atoms with Crippen LogP contribution in [0.1, 0.15) is 19.9 Å². The maximum absolute atomic E-state index is 12.6. The van der Waals surface area contributed by atoms with Crippen LogP contribution < -0.4 is 10.9 Å². The van der Waals surface area contributed by atoms with Crippen LogP contribution in [0.4, 0.5) is 11.4 Å². The summed E-state index contributed by atoms with van der Waals surface area (Å²) in [4.78, 5) is 12.6. The van der Waals surface area contributed by atoms with Crippen LogP contribution in [0, 0.1) is 0 Å². The number of aromatic nitrogens is 5. The lowest BCUT2D eigenvalue weighted by Gasteiger charge is -2.12. The molecule has 2 aromatic carbocycles. The second-order valence-corrected chi connectivity index (χ2v) is 6.91. The van der Waals surface area contributed by atoms with E-state index in [0.717, 1.165) is 28.3 Å². The maximum atomic E-state index is 12.6. The second kappa shape index (κ2) is 6.42. The lowest BCUT2D eigenvalue weighted by molar-refractivity contribution is 0.595. The molecule has 0 radical (unpaired) electrons. The van der Waals surface area contributed by atoms with Crippen LogP contribution in [0.3, 0.4) is 0 Å². The topological polar surface area (TPSA) is 69.7 Å². The van der Waals surface area contributed by atoms with E-state index in [1.165, 1.54) is 0 Å². The van der Waals surface area contributed by atoms with Gasteiger partial charge in [0.1, 0.15) is 6.33 Å². The van der Waals surface area contributed by atoms with Crippen molar-refractivity contribution in [3.8, 4) is 11.4 Å². The van der Waals surface area contributed by atoms with Gasteiger partial charge in [0.05, 0.1) is 16.6 Å². The van der Waals surface area contributed by atoms with Gasteiger partial charge in [-0.1, -0.05) is 18.2 Å². The van der Waals surface area contributed by atoms with E-state index in [4.69, 9.17) is 0 Å². The van der Waals surface area contributed by atoms with Crippen LogP contribution >= 0.6 is 0 Å². The van der Waals surface area contributed by atoms with E-state index >= 15 is 0 Å². The quantitative estimate of drug-likeness (QED) is 0.604. The van der Waals surface area contributed by atoms with E-state index in [9.17, 15) is 4.79 Å². The van der Waals surface area contributed by atoms with Gasteiger partial charge in [-0.3, -0.25) is 14.2 Å². The number of nitrogens with one attached hydrogen (secondary N) is 1. The summed E-state index contributed by atoms with van der Waals surface area (Å²) in [6, 6.07) is 14.1. The SMILES string of the molecule is CC(C)n1cnnc1-c1cccc(Nc2cccc3c2c(=O)n(C)n3C)c1. The molecule has 0 unspecified atom stereocenters. The normalized spacial score (nSPS) is 11.4. The van der Waals surface area contributed by atoms with Crippen LogP contribution in [-0.4, -0.2) is 24.1 Å². The van der Waals surface area contributed by atoms with Gasteiger partial charge in [0.15, 0.2) is 5.82 Å². The van der Waals surface area contributed by atoms with Gasteiger partial charge in [-0.05, 0) is 38.1 Å². The molecule has 0 bridgehead atoms. The van der Waals surface area contributed by atoms with Crippen molar-refractivity contribution in [2.24, 2.45) is 14.1 Å². The van der Waals surface area contributed by atoms with Crippen molar-refractivity contribution in [1.82, 2.24) is 24.1 Å². The van der Waals surface area contributed by atoms with E-state index in [2.05, 4.69) is 29.4 Å². The monoisotopic (exact) mass is 362 g/mol. The Morgan fingerprint density at radius 3 is 2.59 bits per heavy atom. The molecule has 7 nitrogen and oxygen atoms in total. The van der Waals surface area contributed by atoms with Crippen molar-refractivity contribution in [3.05, 3.63) is 59.1 Å². The molecule has 2 heterocycles. The van der Waals surface area contributed by atoms with Crippen molar-refractivity contribution in [3.63, 3.8) is 0 Å². The molecule has 1 N–H and O–H groups in total. The van der Waals surface area contributed by atoms with Crippen molar-refractivity contribution < 1.29 is 0 Å². The number of aryl methyl sites for hydroxylation is 1. The van der Waals surface area contributed by atoms with E-state index in [-0.39, 0.29) is 11.6 Å². The maximum Gasteiger partial charge on any atom is 0.276 e. The number of nitrogens with zero attached hydrogens (tertiary/aromatic N) is 5. The van der Waals surface area contributed by atoms with Crippen molar-refractivity contribution >= 4 is 22.3 Å². The summed E-state index contributed by atoms with van der Waals surface area (Å²) in [6.07, 6.45) is 1.74. The molecule has 0 aliphatic rings. The highest BCUT2D eigenvalue weighted by molar-refractivity contribution is 5.93. The summed E-state index contributed by atoms with van der Waals surface area (Å²) in [7, 11) is 3.65. The Hall–Kier alpha value is -3.35. The van der Waals surface area contributed by atoms with Gasteiger partial charge in [0.2, 0.25) is 0 Å². The largest absolute Gasteiger partial charge is 0.355 e. The van der Waals surface area contributed by atoms with Crippen LogP contribution in [0.25, 0.3) is 22.3 Å². The van der Waals surface area contributed by atoms with Gasteiger partial charge in [-0.15, -0.1) is 10.2 Å². The predicted molar refractivity (Wildman–Crippen MR) is 107 cm³/mol. The van der Waals surface area contributed by atoms with Gasteiger partial charge in [0, 0.05) is 31.4 Å². The number of fused-ring (bicyclic) bond motifs is 1. The van der Waals surface area contributed by atoms with Crippen molar-refractivity contribution in [1.29, 1.82) is 0 Å². The van der Waals surface area contributed by atoms with Crippen LogP contribution in [0.5, 0.6) is 0 Å². The molecule has 138 valence electrons. The Morgan fingerprint density at radius 2 is 1.81 bits per heavy atom. The minimum Gasteiger partial charge on any atom is -0.355 e. The van der Waals surface area contributed by atoms with E-state index < -0.39 is 0 Å². The van der Waals surface area contributed by atoms with Crippen LogP contribution in [0.15, 0.2) is 53.6 Å². The standard InChI is InChI=1S/C20H22N6O/c1-13(2)26-12-21-23-19(26)14-7-5-8-15(11-14)22-16-9-6-10-17-18(16)20(27)25(4)24(17)3/h5-13,22H,1-4H3. The average molecular weight is 362 g/mol. The molecule has 0 fully saturated rings. The molecule has 0 spiro atoms. The van der Waals surface area contributed by atoms with Crippen molar-refractivity contribution in [2.45, 2.75) is 19.9 Å². The molecular weight excluding hydrogens is 340 g/mol. The van der Waals surface area contributed by atoms with Gasteiger partial charge in [-0.25, -0.2) is 0 Å². The third-order valence-corrected chi connectivity index (χ3v) is 4.88. The molecule has 0 atom stereocenters. The molecular formula is C20H22N6O. The van der Waals surface area contributed by atoms with E-state index in [1.54, 1.807) is 18.1 Å². The number of rotatable bonds is 4. The van der Waals surface area contributed by atoms with Gasteiger partial charge in [0.25, 0.3) is 5.56 Å². The van der Waals surface area contributed by atoms with Crippen LogP contribution in [-0.2, 0) is 14.1 Å². The minimum absolute atomic E-state index is 0.0219. The molecule has 2 aromatic heterocycles. The lowest BCUT2D eigenvalue weighted by Crippen LogP contribution is -2.16. The molecule has 0 saturated carbocycles. The molecule has 27 heavy (non-hydrogen) atoms. The average Bonchev–Trinajstić information content (AvgIpc) is 3.23. The van der Waals surface area contributed by atoms with Gasteiger partial charge < -0.3 is 9.88 Å². The molecule has 4 rings (SSSR count). The minimum atomic E-state index is -0.0219. The molecule has 0 amide bonds. The van der Waals surface area contributed by atoms with Crippen LogP contribution in [0.2, 0.25) is 0 Å². The fourth-order valence-corrected chi connectivity index (χ4v) is 3.32. The Labute approximate surface area is 156 Å². The van der Waals surface area contributed by atoms with Gasteiger partial charge >= 0.3 is 0 Å². The first-order valence-corrected chi connectivity index (χ1v) is 8.89. The third kappa shape index (κ3) is 2.81. The summed E-state index contributed by atoms with van der Waals surface area (Å²) in [5, 5.41) is 12.4. The fourth-order valence-electron chi connectivity index (χ4n) is 3.32. The highest BCUT2D eigenvalue weighted by Crippen LogP contribution is 2.27. The summed E-state index contributed by atoms with van der Waals surface area (Å²) >= 11 is 0. The summed E-state index contributed by atoms with van der Waals surface area (Å²) in [5.41, 5.74) is 3.52. The zero-order chi connectivity index (χ0) is 19.1. The Kier molecular flexibility index (Phi) is 4.07. The van der Waals surface area contributed by atoms with E-state index in [1.807, 2.05) is 58.8 Å². The molecule has 4 aromatic rings. The summed E-state index contributed by atoms with van der Waals surface area (Å²) in [6.45, 7) is 4.20. The van der Waals surface area contributed by atoms with Gasteiger partial charge in [-0.2, -0.15) is 0 Å². The lowest BCUT2D eigenvalue weighted by atomic mass is 10.1. The summed E-state index contributed by atoms with van der Waals surface area (Å²) < 4.78 is 5.49. The number of hydrogen-bond acceptors (Lipinski definition) is 4. The highest BCUT2D eigenvalue weighted by Gasteiger charge is 2.13. The fraction of sp³-hybridized carbons (Fsp3) is 0.250. The molecule has 0 saturated heterocycles. The highest BCUT2D eigenvalue weighted by atomic mass is 16.1. The number of hydrogen-bond donors (Lipinski definition) is 1. The molecule has 7 heteroatoms. The Balaban J connectivity index is 1.77. The van der Waals surface area contributed by atoms with E-state index in [0.29, 0.717) is 5.39 Å². The molecule has 0 aliphatic carbocycles. The number of anilines is 2.